The van der Waals surface area contributed by atoms with Crippen LogP contribution in [0.15, 0.2) is 182 Å². The molecule has 0 aliphatic heterocycles. The van der Waals surface area contributed by atoms with E-state index >= 15 is 9.59 Å². The average molecular weight is 1000 g/mol. The summed E-state index contributed by atoms with van der Waals surface area (Å²) in [5.74, 6) is -2.63. The maximum Gasteiger partial charge on any atom is 0.336 e. The first-order valence-corrected chi connectivity index (χ1v) is 24.3. The third kappa shape index (κ3) is 9.15. The number of nitrogens with one attached hydrogen (secondary N) is 2. The number of amides is 2. The molecule has 372 valence electrons. The van der Waals surface area contributed by atoms with Crippen LogP contribution in [0.4, 0.5) is 11.4 Å². The SMILES string of the molecule is Cc1cc(C)cc(NC(=O)c2cc(Oc3ccccc3)c3c4c(Oc5ccccc5)cc(C(=O)O)c5c(C(=O)O)cc(Oc6ccccc6)c(c6c(Oc7ccccc7)cc(C(=O)Nc7cc(C)cc(C)c7)c2c36)c54)c1. The molecule has 0 bridgehead atoms. The van der Waals surface area contributed by atoms with Crippen LogP contribution in [-0.4, -0.2) is 34.0 Å². The van der Waals surface area contributed by atoms with Gasteiger partial charge in [0.25, 0.3) is 11.8 Å². The Morgan fingerprint density at radius 3 is 0.829 bits per heavy atom. The summed E-state index contributed by atoms with van der Waals surface area (Å²) in [5.41, 5.74) is 3.86. The Morgan fingerprint density at radius 1 is 0.316 bits per heavy atom. The molecule has 0 heterocycles. The van der Waals surface area contributed by atoms with Gasteiger partial charge in [-0.25, -0.2) is 9.59 Å². The van der Waals surface area contributed by atoms with E-state index in [0.29, 0.717) is 34.4 Å². The van der Waals surface area contributed by atoms with Gasteiger partial charge in [-0.1, -0.05) is 84.9 Å². The van der Waals surface area contributed by atoms with Crippen LogP contribution in [0.5, 0.6) is 46.0 Å². The Balaban J connectivity index is 1.41. The van der Waals surface area contributed by atoms with Gasteiger partial charge in [0, 0.05) is 54.5 Å². The number of hydrogen-bond acceptors (Lipinski definition) is 8. The molecule has 0 saturated carbocycles. The summed E-state index contributed by atoms with van der Waals surface area (Å²) < 4.78 is 27.5. The monoisotopic (exact) mass is 1000 g/mol. The van der Waals surface area contributed by atoms with Crippen molar-refractivity contribution >= 4 is 78.2 Å². The zero-order chi connectivity index (χ0) is 52.8. The molecule has 0 unspecified atom stereocenters. The van der Waals surface area contributed by atoms with Crippen molar-refractivity contribution in [2.24, 2.45) is 0 Å². The topological polar surface area (TPSA) is 170 Å². The number of carbonyl (C=O) groups is 4. The molecule has 11 aromatic carbocycles. The van der Waals surface area contributed by atoms with E-state index in [4.69, 9.17) is 18.9 Å². The highest BCUT2D eigenvalue weighted by Gasteiger charge is 2.34. The van der Waals surface area contributed by atoms with Crippen LogP contribution in [0.3, 0.4) is 0 Å². The van der Waals surface area contributed by atoms with E-state index in [9.17, 15) is 19.8 Å². The van der Waals surface area contributed by atoms with E-state index < -0.39 is 23.8 Å². The van der Waals surface area contributed by atoms with Gasteiger partial charge in [-0.2, -0.15) is 0 Å². The Morgan fingerprint density at radius 2 is 0.566 bits per heavy atom. The number of para-hydroxylation sites is 4. The minimum atomic E-state index is -1.44. The maximum absolute atomic E-state index is 15.6. The number of carboxylic acid groups (broad SMARTS) is 2. The predicted octanol–water partition coefficient (Wildman–Crippen LogP) is 16.0. The first-order chi connectivity index (χ1) is 36.8. The molecule has 0 spiro atoms. The van der Waals surface area contributed by atoms with Crippen molar-refractivity contribution in [2.45, 2.75) is 27.7 Å². The number of aryl methyl sites for hydroxylation is 4. The highest BCUT2D eigenvalue weighted by molar-refractivity contribution is 6.43. The molecular formula is C64H46N2O10. The molecule has 0 aliphatic rings. The molecule has 0 saturated heterocycles. The van der Waals surface area contributed by atoms with E-state index in [1.807, 2.05) is 76.2 Å². The molecule has 0 aliphatic carbocycles. The Labute approximate surface area is 435 Å². The van der Waals surface area contributed by atoms with E-state index in [-0.39, 0.29) is 88.3 Å². The zero-order valence-electron chi connectivity index (χ0n) is 41.5. The second kappa shape index (κ2) is 19.7. The molecule has 12 heteroatoms. The van der Waals surface area contributed by atoms with Crippen LogP contribution in [-0.2, 0) is 0 Å². The van der Waals surface area contributed by atoms with Crippen LogP contribution < -0.4 is 29.6 Å². The van der Waals surface area contributed by atoms with Gasteiger partial charge in [0.2, 0.25) is 0 Å². The van der Waals surface area contributed by atoms with Crippen LogP contribution in [0.25, 0.3) is 43.1 Å². The zero-order valence-corrected chi connectivity index (χ0v) is 41.5. The Bertz CT molecular complexity index is 3830. The predicted molar refractivity (Wildman–Crippen MR) is 295 cm³/mol. The quantitative estimate of drug-likeness (QED) is 0.0607. The number of anilines is 2. The lowest BCUT2D eigenvalue weighted by Crippen LogP contribution is -2.18. The fourth-order valence-electron chi connectivity index (χ4n) is 10.1. The first-order valence-electron chi connectivity index (χ1n) is 24.3. The normalized spacial score (nSPS) is 11.2. The average Bonchev–Trinajstić information content (AvgIpc) is 3.45. The van der Waals surface area contributed by atoms with Crippen molar-refractivity contribution < 1.29 is 48.3 Å². The summed E-state index contributed by atoms with van der Waals surface area (Å²) in [4.78, 5) is 58.6. The summed E-state index contributed by atoms with van der Waals surface area (Å²) in [6.07, 6.45) is 0. The van der Waals surface area contributed by atoms with Gasteiger partial charge in [-0.05, 0) is 147 Å². The third-order valence-corrected chi connectivity index (χ3v) is 13.0. The van der Waals surface area contributed by atoms with Gasteiger partial charge in [0.05, 0.1) is 22.3 Å². The largest absolute Gasteiger partial charge is 0.478 e. The van der Waals surface area contributed by atoms with E-state index in [0.717, 1.165) is 22.3 Å². The third-order valence-electron chi connectivity index (χ3n) is 13.0. The number of ether oxygens (including phenoxy) is 4. The molecule has 0 atom stereocenters. The maximum atomic E-state index is 15.6. The van der Waals surface area contributed by atoms with Gasteiger partial charge in [-0.3, -0.25) is 9.59 Å². The summed E-state index contributed by atoms with van der Waals surface area (Å²) in [5, 5.41) is 29.8. The first kappa shape index (κ1) is 48.1. The smallest absolute Gasteiger partial charge is 0.336 e. The highest BCUT2D eigenvalue weighted by atomic mass is 16.5. The lowest BCUT2D eigenvalue weighted by molar-refractivity contribution is 0.0695. The van der Waals surface area contributed by atoms with E-state index in [2.05, 4.69) is 10.6 Å². The number of fused-ring (bicyclic) bond motifs is 2. The lowest BCUT2D eigenvalue weighted by Gasteiger charge is -2.26. The van der Waals surface area contributed by atoms with Crippen molar-refractivity contribution in [3.05, 3.63) is 226 Å². The van der Waals surface area contributed by atoms with Crippen LogP contribution in [0, 0.1) is 27.7 Å². The summed E-state index contributed by atoms with van der Waals surface area (Å²) in [7, 11) is 0. The van der Waals surface area contributed by atoms with Crippen molar-refractivity contribution in [2.75, 3.05) is 10.6 Å². The Kier molecular flexibility index (Phi) is 12.4. The minimum Gasteiger partial charge on any atom is -0.478 e. The molecule has 4 N–H and O–H groups in total. The molecule has 0 aromatic heterocycles. The van der Waals surface area contributed by atoms with Gasteiger partial charge in [-0.15, -0.1) is 0 Å². The fourth-order valence-corrected chi connectivity index (χ4v) is 10.1. The molecular weight excluding hydrogens is 957 g/mol. The van der Waals surface area contributed by atoms with E-state index in [1.165, 1.54) is 12.1 Å². The number of rotatable bonds is 14. The van der Waals surface area contributed by atoms with Crippen LogP contribution in [0.1, 0.15) is 63.7 Å². The molecule has 11 rings (SSSR count). The summed E-state index contributed by atoms with van der Waals surface area (Å²) >= 11 is 0. The van der Waals surface area contributed by atoms with Crippen molar-refractivity contribution in [3.8, 4) is 46.0 Å². The fraction of sp³-hybridized carbons (Fsp3) is 0.0625. The Hall–Kier alpha value is -10.2. The molecule has 12 nitrogen and oxygen atoms in total. The second-order valence-corrected chi connectivity index (χ2v) is 18.6. The number of carboxylic acids is 2. The number of hydrogen-bond donors (Lipinski definition) is 4. The van der Waals surface area contributed by atoms with Crippen LogP contribution in [0.2, 0.25) is 0 Å². The standard InChI is InChI=1S/C64H46N2O10/c1-35-25-36(2)28-39(27-35)65-61(67)45-31-49(73-41-17-9-5-10-18-41)55-57-51(75-43-21-13-7-14-22-43)33-47(63(69)70)54-48(64(71)72)34-52(76-44-23-15-8-16-24-44)58(60(54)57)56-50(74-42-19-11-6-12-20-42)32-46(53(45)59(55)56)62(68)66-40-29-37(3)26-38(4)30-40/h5-34H,1-4H3,(H,65,67)(H,66,68)(H,69,70)(H,71,72). The highest BCUT2D eigenvalue weighted by Crippen LogP contribution is 2.57. The minimum absolute atomic E-state index is 0.0153. The summed E-state index contributed by atoms with van der Waals surface area (Å²) in [6, 6.07) is 52.2. The van der Waals surface area contributed by atoms with Crippen LogP contribution >= 0.6 is 0 Å². The molecule has 0 radical (unpaired) electrons. The van der Waals surface area contributed by atoms with Crippen molar-refractivity contribution in [3.63, 3.8) is 0 Å². The van der Waals surface area contributed by atoms with Crippen molar-refractivity contribution in [1.82, 2.24) is 0 Å². The van der Waals surface area contributed by atoms with Crippen molar-refractivity contribution in [1.29, 1.82) is 0 Å². The van der Waals surface area contributed by atoms with Gasteiger partial charge in [0.15, 0.2) is 0 Å². The van der Waals surface area contributed by atoms with E-state index in [1.54, 1.807) is 121 Å². The number of benzene rings is 11. The molecule has 0 fully saturated rings. The second-order valence-electron chi connectivity index (χ2n) is 18.6. The van der Waals surface area contributed by atoms with Gasteiger partial charge in [0.1, 0.15) is 46.0 Å². The number of carbonyl (C=O) groups excluding carboxylic acids is 2. The van der Waals surface area contributed by atoms with Gasteiger partial charge >= 0.3 is 11.9 Å². The number of aromatic carboxylic acids is 2. The van der Waals surface area contributed by atoms with Gasteiger partial charge < -0.3 is 39.8 Å². The molecule has 76 heavy (non-hydrogen) atoms. The summed E-state index contributed by atoms with van der Waals surface area (Å²) in [6.45, 7) is 7.70. The molecule has 11 aromatic rings. The molecule has 2 amide bonds. The lowest BCUT2D eigenvalue weighted by atomic mass is 9.82.